The average molecular weight is 327 g/mol. The van der Waals surface area contributed by atoms with E-state index in [2.05, 4.69) is 31.3 Å². The van der Waals surface area contributed by atoms with Crippen LogP contribution in [0.5, 0.6) is 0 Å². The van der Waals surface area contributed by atoms with Gasteiger partial charge in [0.25, 0.3) is 0 Å². The van der Waals surface area contributed by atoms with E-state index < -0.39 is 0 Å². The predicted octanol–water partition coefficient (Wildman–Crippen LogP) is 3.85. The van der Waals surface area contributed by atoms with E-state index in [1.54, 1.807) is 0 Å². The van der Waals surface area contributed by atoms with E-state index in [-0.39, 0.29) is 18.2 Å². The molecule has 0 radical (unpaired) electrons. The van der Waals surface area contributed by atoms with Crippen LogP contribution in [0.15, 0.2) is 12.2 Å². The molecule has 0 saturated heterocycles. The molecule has 0 aromatic carbocycles. The van der Waals surface area contributed by atoms with Crippen molar-refractivity contribution < 1.29 is 9.90 Å². The summed E-state index contributed by atoms with van der Waals surface area (Å²) in [6.45, 7) is 4.26. The van der Waals surface area contributed by atoms with Gasteiger partial charge < -0.3 is 10.4 Å². The summed E-state index contributed by atoms with van der Waals surface area (Å²) in [7, 11) is 3.96. The van der Waals surface area contributed by atoms with Crippen LogP contribution in [-0.2, 0) is 4.79 Å². The van der Waals surface area contributed by atoms with Crippen LogP contribution in [-0.4, -0.2) is 42.3 Å². The molecule has 0 aromatic heterocycles. The van der Waals surface area contributed by atoms with Gasteiger partial charge in [-0.2, -0.15) is 0 Å². The molecule has 23 heavy (non-hydrogen) atoms. The first-order valence-corrected chi connectivity index (χ1v) is 9.30. The zero-order valence-corrected chi connectivity index (χ0v) is 15.7. The first kappa shape index (κ1) is 22.1. The molecule has 0 aliphatic heterocycles. The molecule has 0 rings (SSSR count). The monoisotopic (exact) mass is 326 g/mol. The van der Waals surface area contributed by atoms with E-state index in [0.29, 0.717) is 6.42 Å². The van der Waals surface area contributed by atoms with Gasteiger partial charge >= 0.3 is 0 Å². The number of nitrogens with one attached hydrogen (secondary N) is 1. The molecule has 0 saturated carbocycles. The Kier molecular flexibility index (Phi) is 14.1. The number of allylic oxidation sites excluding steroid dienone is 1. The summed E-state index contributed by atoms with van der Waals surface area (Å²) >= 11 is 0. The highest BCUT2D eigenvalue weighted by Gasteiger charge is 2.11. The third kappa shape index (κ3) is 13.3. The van der Waals surface area contributed by atoms with Crippen molar-refractivity contribution in [3.8, 4) is 0 Å². The fourth-order valence-corrected chi connectivity index (χ4v) is 2.51. The maximum absolute atomic E-state index is 11.8. The summed E-state index contributed by atoms with van der Waals surface area (Å²) < 4.78 is 0. The Morgan fingerprint density at radius 2 is 1.87 bits per heavy atom. The SMILES string of the molecule is CCCCC=CCC(O)CCCCCC(=O)NC(CC)N(C)C. The number of unbranched alkanes of at least 4 members (excludes halogenated alkanes) is 4. The van der Waals surface area contributed by atoms with E-state index in [4.69, 9.17) is 0 Å². The van der Waals surface area contributed by atoms with Crippen molar-refractivity contribution >= 4 is 5.91 Å². The van der Waals surface area contributed by atoms with Gasteiger partial charge in [-0.3, -0.25) is 9.69 Å². The van der Waals surface area contributed by atoms with Gasteiger partial charge in [0.1, 0.15) is 0 Å². The lowest BCUT2D eigenvalue weighted by Gasteiger charge is -2.23. The molecular weight excluding hydrogens is 288 g/mol. The third-order valence-corrected chi connectivity index (χ3v) is 4.08. The molecule has 4 nitrogen and oxygen atoms in total. The van der Waals surface area contributed by atoms with Crippen LogP contribution in [0.4, 0.5) is 0 Å². The van der Waals surface area contributed by atoms with E-state index >= 15 is 0 Å². The lowest BCUT2D eigenvalue weighted by atomic mass is 10.1. The number of aliphatic hydroxyl groups is 1. The Balaban J connectivity index is 3.60. The molecule has 0 fully saturated rings. The summed E-state index contributed by atoms with van der Waals surface area (Å²) in [4.78, 5) is 13.9. The number of amides is 1. The summed E-state index contributed by atoms with van der Waals surface area (Å²) in [5.41, 5.74) is 0. The zero-order chi connectivity index (χ0) is 17.5. The van der Waals surface area contributed by atoms with Gasteiger partial charge in [-0.05, 0) is 46.2 Å². The Labute approximate surface area is 143 Å². The molecule has 2 N–H and O–H groups in total. The highest BCUT2D eigenvalue weighted by molar-refractivity contribution is 5.76. The molecule has 0 aliphatic carbocycles. The summed E-state index contributed by atoms with van der Waals surface area (Å²) in [6, 6.07) is 0. The maximum Gasteiger partial charge on any atom is 0.221 e. The zero-order valence-electron chi connectivity index (χ0n) is 15.7. The van der Waals surface area contributed by atoms with Crippen LogP contribution in [0.1, 0.15) is 78.1 Å². The second-order valence-corrected chi connectivity index (χ2v) is 6.56. The van der Waals surface area contributed by atoms with Crippen molar-refractivity contribution in [1.82, 2.24) is 10.2 Å². The van der Waals surface area contributed by atoms with Gasteiger partial charge in [0.05, 0.1) is 12.3 Å². The highest BCUT2D eigenvalue weighted by atomic mass is 16.3. The molecule has 0 spiro atoms. The number of nitrogens with zero attached hydrogens (tertiary/aromatic N) is 1. The first-order valence-electron chi connectivity index (χ1n) is 9.30. The van der Waals surface area contributed by atoms with Gasteiger partial charge in [0.15, 0.2) is 0 Å². The molecule has 2 unspecified atom stereocenters. The highest BCUT2D eigenvalue weighted by Crippen LogP contribution is 2.09. The largest absolute Gasteiger partial charge is 0.393 e. The quantitative estimate of drug-likeness (QED) is 0.290. The third-order valence-electron chi connectivity index (χ3n) is 4.08. The Hall–Kier alpha value is -0.870. The Morgan fingerprint density at radius 1 is 1.13 bits per heavy atom. The fraction of sp³-hybridized carbons (Fsp3) is 0.842. The molecule has 136 valence electrons. The number of hydrogen-bond acceptors (Lipinski definition) is 3. The van der Waals surface area contributed by atoms with Crippen molar-refractivity contribution in [2.24, 2.45) is 0 Å². The van der Waals surface area contributed by atoms with Gasteiger partial charge in [0.2, 0.25) is 5.91 Å². The predicted molar refractivity (Wildman–Crippen MR) is 98.3 cm³/mol. The maximum atomic E-state index is 11.8. The van der Waals surface area contributed by atoms with Gasteiger partial charge in [-0.25, -0.2) is 0 Å². The van der Waals surface area contributed by atoms with E-state index in [0.717, 1.165) is 44.9 Å². The summed E-state index contributed by atoms with van der Waals surface area (Å²) in [6.07, 6.45) is 13.7. The van der Waals surface area contributed by atoms with Crippen molar-refractivity contribution in [3.63, 3.8) is 0 Å². The van der Waals surface area contributed by atoms with Crippen LogP contribution in [0.3, 0.4) is 0 Å². The number of carbonyl (C=O) groups excluding carboxylic acids is 1. The molecule has 0 bridgehead atoms. The van der Waals surface area contributed by atoms with Crippen LogP contribution in [0.25, 0.3) is 0 Å². The fourth-order valence-electron chi connectivity index (χ4n) is 2.51. The second-order valence-electron chi connectivity index (χ2n) is 6.56. The van der Waals surface area contributed by atoms with Gasteiger partial charge in [0, 0.05) is 6.42 Å². The Morgan fingerprint density at radius 3 is 2.48 bits per heavy atom. The van der Waals surface area contributed by atoms with Crippen molar-refractivity contribution in [2.75, 3.05) is 14.1 Å². The van der Waals surface area contributed by atoms with Crippen LogP contribution >= 0.6 is 0 Å². The van der Waals surface area contributed by atoms with Crippen LogP contribution in [0, 0.1) is 0 Å². The van der Waals surface area contributed by atoms with E-state index in [9.17, 15) is 9.90 Å². The minimum atomic E-state index is -0.236. The van der Waals surface area contributed by atoms with Gasteiger partial charge in [-0.1, -0.05) is 51.7 Å². The Bertz CT molecular complexity index is 316. The number of hydrogen-bond donors (Lipinski definition) is 2. The first-order chi connectivity index (χ1) is 11.0. The van der Waals surface area contributed by atoms with Crippen molar-refractivity contribution in [1.29, 1.82) is 0 Å². The minimum absolute atomic E-state index is 0.129. The molecule has 1 amide bonds. The van der Waals surface area contributed by atoms with Crippen LogP contribution in [0.2, 0.25) is 0 Å². The number of aliphatic hydroxyl groups excluding tert-OH is 1. The number of carbonyl (C=O) groups is 1. The standard InChI is InChI=1S/C19H38N2O2/c1-5-7-8-9-11-14-17(22)15-12-10-13-16-19(23)20-18(6-2)21(3)4/h9,11,17-18,22H,5-8,10,12-16H2,1-4H3,(H,20,23). The molecular formula is C19H38N2O2. The average Bonchev–Trinajstić information content (AvgIpc) is 2.51. The lowest BCUT2D eigenvalue weighted by Crippen LogP contribution is -2.44. The van der Waals surface area contributed by atoms with Gasteiger partial charge in [-0.15, -0.1) is 0 Å². The van der Waals surface area contributed by atoms with Crippen molar-refractivity contribution in [2.45, 2.75) is 90.3 Å². The molecule has 0 aliphatic rings. The minimum Gasteiger partial charge on any atom is -0.393 e. The molecule has 4 heteroatoms. The second kappa shape index (κ2) is 14.7. The summed E-state index contributed by atoms with van der Waals surface area (Å²) in [5, 5.41) is 12.9. The normalized spacial score (nSPS) is 14.3. The molecule has 0 heterocycles. The lowest BCUT2D eigenvalue weighted by molar-refractivity contribution is -0.123. The smallest absolute Gasteiger partial charge is 0.221 e. The topological polar surface area (TPSA) is 52.6 Å². The number of rotatable bonds is 14. The summed E-state index contributed by atoms with van der Waals surface area (Å²) in [5.74, 6) is 0.130. The van der Waals surface area contributed by atoms with Crippen LogP contribution < -0.4 is 5.32 Å². The van der Waals surface area contributed by atoms with Crippen molar-refractivity contribution in [3.05, 3.63) is 12.2 Å². The van der Waals surface area contributed by atoms with E-state index in [1.165, 1.54) is 12.8 Å². The molecule has 2 atom stereocenters. The van der Waals surface area contributed by atoms with E-state index in [1.807, 2.05) is 19.0 Å². The molecule has 0 aromatic rings.